The molecule has 33 heavy (non-hydrogen) atoms. The number of nitrogens with two attached hydrogens (primary N) is 1. The zero-order valence-electron chi connectivity index (χ0n) is 18.1. The fourth-order valence-electron chi connectivity index (χ4n) is 3.93. The minimum atomic E-state index is -0.349. The molecule has 8 nitrogen and oxygen atoms in total. The van der Waals surface area contributed by atoms with Crippen LogP contribution in [0.1, 0.15) is 28.8 Å². The van der Waals surface area contributed by atoms with E-state index in [4.69, 9.17) is 15.2 Å². The third-order valence-corrected chi connectivity index (χ3v) is 7.76. The van der Waals surface area contributed by atoms with Crippen molar-refractivity contribution in [3.63, 3.8) is 0 Å². The number of benzene rings is 1. The lowest BCUT2D eigenvalue weighted by molar-refractivity contribution is 0.0600. The normalized spacial score (nSPS) is 15.8. The Bertz CT molecular complexity index is 1300. The predicted molar refractivity (Wildman–Crippen MR) is 129 cm³/mol. The molecule has 1 fully saturated rings. The van der Waals surface area contributed by atoms with Gasteiger partial charge in [-0.2, -0.15) is 0 Å². The molecule has 0 spiro atoms. The molecule has 0 aliphatic carbocycles. The van der Waals surface area contributed by atoms with E-state index in [9.17, 15) is 4.79 Å². The van der Waals surface area contributed by atoms with Crippen LogP contribution in [0.3, 0.4) is 0 Å². The second kappa shape index (κ2) is 9.50. The smallest absolute Gasteiger partial charge is 0.338 e. The number of esters is 1. The molecule has 4 aromatic rings. The Kier molecular flexibility index (Phi) is 6.30. The van der Waals surface area contributed by atoms with Crippen LogP contribution in [0.25, 0.3) is 20.9 Å². The van der Waals surface area contributed by atoms with E-state index in [0.717, 1.165) is 51.1 Å². The summed E-state index contributed by atoms with van der Waals surface area (Å²) in [5.41, 5.74) is 8.59. The van der Waals surface area contributed by atoms with Gasteiger partial charge in [-0.1, -0.05) is 30.0 Å². The molecule has 1 atom stereocenters. The Morgan fingerprint density at radius 3 is 2.97 bits per heavy atom. The van der Waals surface area contributed by atoms with Crippen molar-refractivity contribution in [2.24, 2.45) is 0 Å². The molecule has 5 rings (SSSR count). The lowest BCUT2D eigenvalue weighted by Crippen LogP contribution is -2.16. The average molecular weight is 482 g/mol. The molecule has 1 aliphatic rings. The van der Waals surface area contributed by atoms with Crippen LogP contribution < -0.4 is 5.73 Å². The van der Waals surface area contributed by atoms with Crippen LogP contribution in [-0.2, 0) is 21.8 Å². The molecule has 1 aliphatic heterocycles. The zero-order valence-corrected chi connectivity index (χ0v) is 19.7. The van der Waals surface area contributed by atoms with Gasteiger partial charge >= 0.3 is 5.97 Å². The number of nitrogens with zero attached hydrogens (tertiary/aromatic N) is 4. The van der Waals surface area contributed by atoms with Gasteiger partial charge in [-0.3, -0.25) is 4.57 Å². The van der Waals surface area contributed by atoms with Crippen molar-refractivity contribution >= 4 is 45.0 Å². The second-order valence-corrected chi connectivity index (χ2v) is 9.63. The molecule has 10 heteroatoms. The highest BCUT2D eigenvalue weighted by Gasteiger charge is 2.25. The second-order valence-electron chi connectivity index (χ2n) is 7.69. The quantitative estimate of drug-likeness (QED) is 0.306. The Hall–Kier alpha value is -2.95. The Morgan fingerprint density at radius 2 is 2.18 bits per heavy atom. The third-order valence-electron chi connectivity index (χ3n) is 5.61. The summed E-state index contributed by atoms with van der Waals surface area (Å²) >= 11 is 3.04. The molecular formula is C23H23N5O3S2. The van der Waals surface area contributed by atoms with Crippen LogP contribution in [0.15, 0.2) is 47.8 Å². The van der Waals surface area contributed by atoms with Crippen molar-refractivity contribution in [1.29, 1.82) is 0 Å². The molecule has 0 unspecified atom stereocenters. The fourth-order valence-corrected chi connectivity index (χ4v) is 5.94. The largest absolute Gasteiger partial charge is 0.465 e. The summed E-state index contributed by atoms with van der Waals surface area (Å²) in [7, 11) is 1.39. The summed E-state index contributed by atoms with van der Waals surface area (Å²) in [6.07, 6.45) is 3.91. The van der Waals surface area contributed by atoms with Crippen molar-refractivity contribution in [3.05, 3.63) is 53.7 Å². The van der Waals surface area contributed by atoms with Gasteiger partial charge in [-0.25, -0.2) is 9.78 Å². The molecule has 1 saturated heterocycles. The Balaban J connectivity index is 1.50. The van der Waals surface area contributed by atoms with E-state index in [2.05, 4.69) is 19.7 Å². The summed E-state index contributed by atoms with van der Waals surface area (Å²) < 4.78 is 12.9. The van der Waals surface area contributed by atoms with Crippen molar-refractivity contribution in [2.75, 3.05) is 19.5 Å². The minimum absolute atomic E-state index is 0.107. The number of carbonyl (C=O) groups is 1. The van der Waals surface area contributed by atoms with E-state index < -0.39 is 0 Å². The molecule has 0 radical (unpaired) electrons. The molecule has 0 amide bonds. The Morgan fingerprint density at radius 1 is 1.30 bits per heavy atom. The number of aromatic nitrogens is 4. The van der Waals surface area contributed by atoms with Crippen molar-refractivity contribution in [3.8, 4) is 10.7 Å². The van der Waals surface area contributed by atoms with Crippen molar-refractivity contribution < 1.29 is 14.3 Å². The molecule has 1 aromatic carbocycles. The maximum atomic E-state index is 12.2. The van der Waals surface area contributed by atoms with Gasteiger partial charge in [-0.05, 0) is 36.6 Å². The third kappa shape index (κ3) is 4.33. The first-order chi connectivity index (χ1) is 16.2. The number of thiophene rings is 1. The first kappa shape index (κ1) is 21.9. The number of hydrogen-bond donors (Lipinski definition) is 1. The molecule has 4 heterocycles. The number of pyridine rings is 1. The molecule has 170 valence electrons. The summed E-state index contributed by atoms with van der Waals surface area (Å²) in [5, 5.41) is 10.7. The highest BCUT2D eigenvalue weighted by Crippen LogP contribution is 2.40. The lowest BCUT2D eigenvalue weighted by Gasteiger charge is -2.15. The van der Waals surface area contributed by atoms with Gasteiger partial charge in [0, 0.05) is 23.9 Å². The highest BCUT2D eigenvalue weighted by molar-refractivity contribution is 7.98. The number of nitrogen functional groups attached to an aromatic ring is 1. The van der Waals surface area contributed by atoms with Crippen LogP contribution in [0.4, 0.5) is 5.69 Å². The molecule has 2 N–H and O–H groups in total. The Labute approximate surface area is 199 Å². The van der Waals surface area contributed by atoms with Crippen LogP contribution in [0.2, 0.25) is 0 Å². The van der Waals surface area contributed by atoms with E-state index in [-0.39, 0.29) is 12.1 Å². The first-order valence-corrected chi connectivity index (χ1v) is 12.4. The van der Waals surface area contributed by atoms with Crippen LogP contribution in [-0.4, -0.2) is 45.5 Å². The first-order valence-electron chi connectivity index (χ1n) is 10.6. The number of methoxy groups -OCH3 is 1. The molecule has 3 aromatic heterocycles. The van der Waals surface area contributed by atoms with Gasteiger partial charge in [-0.15, -0.1) is 21.5 Å². The predicted octanol–water partition coefficient (Wildman–Crippen LogP) is 4.39. The number of rotatable bonds is 7. The van der Waals surface area contributed by atoms with Gasteiger partial charge in [0.15, 0.2) is 11.0 Å². The van der Waals surface area contributed by atoms with Crippen LogP contribution in [0.5, 0.6) is 0 Å². The number of carbonyl (C=O) groups excluding carboxylic acids is 1. The maximum absolute atomic E-state index is 12.2. The van der Waals surface area contributed by atoms with Crippen LogP contribution in [0, 0.1) is 0 Å². The van der Waals surface area contributed by atoms with Gasteiger partial charge in [0.1, 0.15) is 4.83 Å². The molecule has 0 bridgehead atoms. The number of thioether (sulfide) groups is 1. The molecular weight excluding hydrogens is 458 g/mol. The van der Waals surface area contributed by atoms with E-state index >= 15 is 0 Å². The maximum Gasteiger partial charge on any atom is 0.338 e. The zero-order chi connectivity index (χ0) is 22.8. The molecule has 0 saturated carbocycles. The summed E-state index contributed by atoms with van der Waals surface area (Å²) in [4.78, 5) is 18.3. The van der Waals surface area contributed by atoms with Gasteiger partial charge < -0.3 is 15.2 Å². The average Bonchev–Trinajstić information content (AvgIpc) is 3.58. The van der Waals surface area contributed by atoms with Crippen molar-refractivity contribution in [1.82, 2.24) is 19.7 Å². The lowest BCUT2D eigenvalue weighted by atomic mass is 10.1. The highest BCUT2D eigenvalue weighted by atomic mass is 32.2. The number of anilines is 1. The van der Waals surface area contributed by atoms with Gasteiger partial charge in [0.05, 0.1) is 35.9 Å². The summed E-state index contributed by atoms with van der Waals surface area (Å²) in [5.74, 6) is 0.922. The van der Waals surface area contributed by atoms with E-state index in [1.807, 2.05) is 30.3 Å². The van der Waals surface area contributed by atoms with E-state index in [1.54, 1.807) is 12.3 Å². The SMILES string of the molecule is COC(=O)c1ccccc1CSc1nnc(-c2sc3ncccc3c2N)n1C[C@@H]1CCCO1. The minimum Gasteiger partial charge on any atom is -0.465 e. The van der Waals surface area contributed by atoms with Gasteiger partial charge in [0.2, 0.25) is 0 Å². The van der Waals surface area contributed by atoms with Crippen LogP contribution >= 0.6 is 23.1 Å². The van der Waals surface area contributed by atoms with Crippen molar-refractivity contribution in [2.45, 2.75) is 36.4 Å². The number of ether oxygens (including phenoxy) is 2. The van der Waals surface area contributed by atoms with Gasteiger partial charge in [0.25, 0.3) is 0 Å². The number of hydrogen-bond acceptors (Lipinski definition) is 9. The fraction of sp³-hybridized carbons (Fsp3) is 0.304. The standard InChI is InChI=1S/C23H23N5O3S2/c1-30-22(29)16-8-3-2-6-14(16)13-32-23-27-26-20(28(23)12-15-7-5-11-31-15)19-18(24)17-9-4-10-25-21(17)33-19/h2-4,6,8-10,15H,5,7,11-13,24H2,1H3/t15-/m0/s1. The monoisotopic (exact) mass is 481 g/mol. The number of fused-ring (bicyclic) bond motifs is 1. The summed E-state index contributed by atoms with van der Waals surface area (Å²) in [6, 6.07) is 11.3. The topological polar surface area (TPSA) is 105 Å². The van der Waals surface area contributed by atoms with E-state index in [1.165, 1.54) is 30.2 Å². The summed E-state index contributed by atoms with van der Waals surface area (Å²) in [6.45, 7) is 1.41. The van der Waals surface area contributed by atoms with E-state index in [0.29, 0.717) is 23.5 Å².